The van der Waals surface area contributed by atoms with Gasteiger partial charge in [-0.25, -0.2) is 5.43 Å². The molecule has 0 aliphatic carbocycles. The Morgan fingerprint density at radius 3 is 2.29 bits per heavy atom. The minimum atomic E-state index is -0.219. The van der Waals surface area contributed by atoms with E-state index in [1.807, 2.05) is 55.5 Å². The number of rotatable bonds is 4. The lowest BCUT2D eigenvalue weighted by atomic mass is 9.87. The van der Waals surface area contributed by atoms with Crippen molar-refractivity contribution in [2.24, 2.45) is 5.10 Å². The van der Waals surface area contributed by atoms with Gasteiger partial charge in [-0.05, 0) is 47.2 Å². The highest BCUT2D eigenvalue weighted by Gasteiger charge is 2.14. The first kappa shape index (κ1) is 18.2. The summed E-state index contributed by atoms with van der Waals surface area (Å²) in [5, 5.41) is 4.91. The molecule has 0 spiro atoms. The first-order valence-electron chi connectivity index (χ1n) is 8.04. The summed E-state index contributed by atoms with van der Waals surface area (Å²) < 4.78 is 0. The van der Waals surface area contributed by atoms with Crippen molar-refractivity contribution in [2.45, 2.75) is 39.5 Å². The Hall–Kier alpha value is -2.13. The lowest BCUT2D eigenvalue weighted by Crippen LogP contribution is -2.20. The number of hydrazone groups is 1. The van der Waals surface area contributed by atoms with Crippen LogP contribution in [-0.2, 0) is 5.41 Å². The molecule has 2 aromatic rings. The van der Waals surface area contributed by atoms with Crippen LogP contribution in [0.5, 0.6) is 0 Å². The molecule has 0 fully saturated rings. The van der Waals surface area contributed by atoms with Crippen molar-refractivity contribution in [3.05, 3.63) is 70.2 Å². The van der Waals surface area contributed by atoms with Gasteiger partial charge in [-0.1, -0.05) is 63.6 Å². The minimum absolute atomic E-state index is 0.0646. The van der Waals surface area contributed by atoms with Gasteiger partial charge in [0.2, 0.25) is 0 Å². The maximum absolute atomic E-state index is 12.3. The van der Waals surface area contributed by atoms with Gasteiger partial charge in [0.25, 0.3) is 5.91 Å². The largest absolute Gasteiger partial charge is 0.271 e. The summed E-state index contributed by atoms with van der Waals surface area (Å²) in [7, 11) is 0. The van der Waals surface area contributed by atoms with E-state index in [2.05, 4.69) is 31.3 Å². The Balaban J connectivity index is 2.13. The lowest BCUT2D eigenvalue weighted by Gasteiger charge is -2.18. The molecule has 1 amide bonds. The van der Waals surface area contributed by atoms with Crippen LogP contribution < -0.4 is 5.43 Å². The van der Waals surface area contributed by atoms with Crippen molar-refractivity contribution in [1.29, 1.82) is 0 Å². The molecule has 4 heteroatoms. The average Bonchev–Trinajstić information content (AvgIpc) is 2.54. The predicted octanol–water partition coefficient (Wildman–Crippen LogP) is 5.18. The second-order valence-electron chi connectivity index (χ2n) is 6.69. The molecule has 2 rings (SSSR count). The molecule has 0 radical (unpaired) electrons. The second-order valence-corrected chi connectivity index (χ2v) is 7.13. The molecule has 24 heavy (non-hydrogen) atoms. The van der Waals surface area contributed by atoms with Crippen LogP contribution in [0.4, 0.5) is 0 Å². The summed E-state index contributed by atoms with van der Waals surface area (Å²) in [5.74, 6) is -0.219. The van der Waals surface area contributed by atoms with Crippen molar-refractivity contribution in [2.75, 3.05) is 0 Å². The van der Waals surface area contributed by atoms with Crippen LogP contribution in [-0.4, -0.2) is 11.6 Å². The highest BCUT2D eigenvalue weighted by Crippen LogP contribution is 2.22. The Labute approximate surface area is 148 Å². The third-order valence-electron chi connectivity index (χ3n) is 3.80. The molecule has 126 valence electrons. The van der Waals surface area contributed by atoms with Crippen molar-refractivity contribution in [3.63, 3.8) is 0 Å². The van der Waals surface area contributed by atoms with E-state index in [0.717, 1.165) is 11.3 Å². The third-order valence-corrected chi connectivity index (χ3v) is 4.03. The fourth-order valence-electron chi connectivity index (χ4n) is 2.32. The summed E-state index contributed by atoms with van der Waals surface area (Å²) in [4.78, 5) is 12.3. The van der Waals surface area contributed by atoms with Crippen LogP contribution in [0, 0.1) is 0 Å². The van der Waals surface area contributed by atoms with Crippen molar-refractivity contribution in [1.82, 2.24) is 5.43 Å². The quantitative estimate of drug-likeness (QED) is 0.603. The SMILES string of the molecule is CC/C(=N\NC(=O)c1ccc(C(C)(C)C)cc1)c1cccc(Cl)c1. The fourth-order valence-corrected chi connectivity index (χ4v) is 2.51. The predicted molar refractivity (Wildman–Crippen MR) is 101 cm³/mol. The molecule has 0 aliphatic heterocycles. The first-order chi connectivity index (χ1) is 11.3. The van der Waals surface area contributed by atoms with Crippen LogP contribution in [0.3, 0.4) is 0 Å². The molecule has 2 aromatic carbocycles. The van der Waals surface area contributed by atoms with Gasteiger partial charge in [0, 0.05) is 10.6 Å². The number of amides is 1. The summed E-state index contributed by atoms with van der Waals surface area (Å²) in [6, 6.07) is 15.1. The van der Waals surface area contributed by atoms with Gasteiger partial charge in [-0.15, -0.1) is 0 Å². The zero-order valence-electron chi connectivity index (χ0n) is 14.6. The number of benzene rings is 2. The molecule has 0 unspecified atom stereocenters. The molecular weight excluding hydrogens is 320 g/mol. The molecule has 0 bridgehead atoms. The number of halogens is 1. The Kier molecular flexibility index (Phi) is 5.79. The highest BCUT2D eigenvalue weighted by atomic mass is 35.5. The number of nitrogens with one attached hydrogen (secondary N) is 1. The van der Waals surface area contributed by atoms with Crippen molar-refractivity contribution >= 4 is 23.2 Å². The van der Waals surface area contributed by atoms with Gasteiger partial charge in [0.05, 0.1) is 5.71 Å². The summed E-state index contributed by atoms with van der Waals surface area (Å²) >= 11 is 6.01. The Morgan fingerprint density at radius 1 is 1.08 bits per heavy atom. The molecule has 0 saturated carbocycles. The van der Waals surface area contributed by atoms with Gasteiger partial charge >= 0.3 is 0 Å². The summed E-state index contributed by atoms with van der Waals surface area (Å²) in [6.45, 7) is 8.42. The van der Waals surface area contributed by atoms with E-state index in [-0.39, 0.29) is 11.3 Å². The molecule has 0 saturated heterocycles. The number of hydrogen-bond donors (Lipinski definition) is 1. The molecule has 0 aromatic heterocycles. The van der Waals surface area contributed by atoms with E-state index in [9.17, 15) is 4.79 Å². The Morgan fingerprint density at radius 2 is 1.75 bits per heavy atom. The number of carbonyl (C=O) groups is 1. The van der Waals surface area contributed by atoms with Crippen molar-refractivity contribution < 1.29 is 4.79 Å². The molecule has 3 nitrogen and oxygen atoms in total. The highest BCUT2D eigenvalue weighted by molar-refractivity contribution is 6.31. The maximum atomic E-state index is 12.3. The minimum Gasteiger partial charge on any atom is -0.267 e. The number of hydrogen-bond acceptors (Lipinski definition) is 2. The normalized spacial score (nSPS) is 12.1. The summed E-state index contributed by atoms with van der Waals surface area (Å²) in [6.07, 6.45) is 0.698. The van der Waals surface area contributed by atoms with E-state index < -0.39 is 0 Å². The zero-order chi connectivity index (χ0) is 17.7. The lowest BCUT2D eigenvalue weighted by molar-refractivity contribution is 0.0954. The van der Waals surface area contributed by atoms with E-state index in [0.29, 0.717) is 17.0 Å². The third kappa shape index (κ3) is 4.68. The summed E-state index contributed by atoms with van der Waals surface area (Å²) in [5.41, 5.74) is 6.18. The molecule has 1 N–H and O–H groups in total. The topological polar surface area (TPSA) is 41.5 Å². The molecule has 0 atom stereocenters. The standard InChI is InChI=1S/C20H23ClN2O/c1-5-18(15-7-6-8-17(21)13-15)22-23-19(24)14-9-11-16(12-10-14)20(2,3)4/h6-13H,5H2,1-4H3,(H,23,24)/b22-18+. The van der Waals surface area contributed by atoms with Gasteiger partial charge in [0.1, 0.15) is 0 Å². The van der Waals surface area contributed by atoms with E-state index in [1.165, 1.54) is 5.56 Å². The smallest absolute Gasteiger partial charge is 0.267 e. The van der Waals surface area contributed by atoms with Crippen LogP contribution in [0.2, 0.25) is 5.02 Å². The average molecular weight is 343 g/mol. The zero-order valence-corrected chi connectivity index (χ0v) is 15.3. The molecule has 0 heterocycles. The fraction of sp³-hybridized carbons (Fsp3) is 0.300. The van der Waals surface area contributed by atoms with Crippen LogP contribution in [0.25, 0.3) is 0 Å². The Bertz CT molecular complexity index is 743. The second kappa shape index (κ2) is 7.63. The first-order valence-corrected chi connectivity index (χ1v) is 8.42. The monoisotopic (exact) mass is 342 g/mol. The van der Waals surface area contributed by atoms with Crippen LogP contribution in [0.1, 0.15) is 55.6 Å². The van der Waals surface area contributed by atoms with E-state index in [1.54, 1.807) is 0 Å². The van der Waals surface area contributed by atoms with E-state index >= 15 is 0 Å². The van der Waals surface area contributed by atoms with Gasteiger partial charge in [0.15, 0.2) is 0 Å². The maximum Gasteiger partial charge on any atom is 0.271 e. The van der Waals surface area contributed by atoms with Gasteiger partial charge in [-0.2, -0.15) is 5.10 Å². The molecule has 0 aliphatic rings. The van der Waals surface area contributed by atoms with Crippen molar-refractivity contribution in [3.8, 4) is 0 Å². The van der Waals surface area contributed by atoms with Gasteiger partial charge < -0.3 is 0 Å². The van der Waals surface area contributed by atoms with E-state index in [4.69, 9.17) is 11.6 Å². The van der Waals surface area contributed by atoms with Gasteiger partial charge in [-0.3, -0.25) is 4.79 Å². The number of carbonyl (C=O) groups excluding carboxylic acids is 1. The van der Waals surface area contributed by atoms with Crippen LogP contribution in [0.15, 0.2) is 53.6 Å². The number of nitrogens with zero attached hydrogens (tertiary/aromatic N) is 1. The van der Waals surface area contributed by atoms with Crippen LogP contribution >= 0.6 is 11.6 Å². The molecular formula is C20H23ClN2O.